The summed E-state index contributed by atoms with van der Waals surface area (Å²) in [5, 5.41) is 9.05. The van der Waals surface area contributed by atoms with Crippen LogP contribution in [0.5, 0.6) is 5.75 Å². The van der Waals surface area contributed by atoms with E-state index in [-0.39, 0.29) is 38.9 Å². The van der Waals surface area contributed by atoms with E-state index >= 15 is 0 Å². The van der Waals surface area contributed by atoms with Crippen molar-refractivity contribution in [3.63, 3.8) is 0 Å². The van der Waals surface area contributed by atoms with Gasteiger partial charge in [-0.15, -0.1) is 0 Å². The van der Waals surface area contributed by atoms with Crippen molar-refractivity contribution in [2.45, 2.75) is 13.3 Å². The van der Waals surface area contributed by atoms with Crippen molar-refractivity contribution < 1.29 is 17.5 Å². The Morgan fingerprint density at radius 2 is 2.27 bits per heavy atom. The van der Waals surface area contributed by atoms with Gasteiger partial charge < -0.3 is 12.7 Å². The number of aryl methyl sites for hydroxylation is 1. The van der Waals surface area contributed by atoms with Gasteiger partial charge in [-0.2, -0.15) is 0 Å². The monoisotopic (exact) mass is 240 g/mol. The van der Waals surface area contributed by atoms with Crippen LogP contribution < -0.4 is 4.74 Å². The summed E-state index contributed by atoms with van der Waals surface area (Å²) >= 11 is 5.75. The Morgan fingerprint density at radius 3 is 2.80 bits per heavy atom. The van der Waals surface area contributed by atoms with Crippen molar-refractivity contribution >= 4 is 40.6 Å². The Balaban J connectivity index is -0.000000653. The Kier molecular flexibility index (Phi) is 6.72. The molecule has 0 unspecified atom stereocenters. The van der Waals surface area contributed by atoms with Crippen LogP contribution in [0, 0.1) is 6.92 Å². The molecule has 0 radical (unpaired) electrons. The van der Waals surface area contributed by atoms with E-state index in [1.807, 2.05) is 6.92 Å². The number of halogens is 1. The van der Waals surface area contributed by atoms with Crippen molar-refractivity contribution in [2.24, 2.45) is 0 Å². The van der Waals surface area contributed by atoms with Crippen LogP contribution in [0.25, 0.3) is 0 Å². The molecule has 0 amide bonds. The number of rotatable bonds is 4. The first-order valence-electron chi connectivity index (χ1n) is 4.20. The van der Waals surface area contributed by atoms with Gasteiger partial charge in [-0.3, -0.25) is 4.79 Å². The van der Waals surface area contributed by atoms with E-state index < -0.39 is 5.97 Å². The zero-order chi connectivity index (χ0) is 10.6. The van der Waals surface area contributed by atoms with Crippen LogP contribution in [-0.4, -0.2) is 40.7 Å². The number of carboxylic acid groups (broad SMARTS) is 1. The number of carbonyl (C=O) groups is 1. The standard InChI is InChI=1S/C10H11ClO3.Mg.2H/c1-7-6-8(11)2-3-9(7)14-5-4-10(12)13;;;/h2-3,6H,4-5H2,1H3,(H,12,13);;;/q;+2;2*-1. The van der Waals surface area contributed by atoms with Gasteiger partial charge >= 0.3 is 29.0 Å². The van der Waals surface area contributed by atoms with E-state index in [2.05, 4.69) is 0 Å². The van der Waals surface area contributed by atoms with Crippen molar-refractivity contribution in [3.05, 3.63) is 28.8 Å². The van der Waals surface area contributed by atoms with Gasteiger partial charge in [0.2, 0.25) is 0 Å². The van der Waals surface area contributed by atoms with Crippen LogP contribution in [0.4, 0.5) is 0 Å². The first-order chi connectivity index (χ1) is 6.59. The maximum absolute atomic E-state index is 10.2. The molecule has 1 aromatic rings. The van der Waals surface area contributed by atoms with Gasteiger partial charge in [0, 0.05) is 5.02 Å². The third-order valence-corrected chi connectivity index (χ3v) is 1.95. The summed E-state index contributed by atoms with van der Waals surface area (Å²) in [6.45, 7) is 2.04. The van der Waals surface area contributed by atoms with E-state index in [0.29, 0.717) is 10.8 Å². The quantitative estimate of drug-likeness (QED) is 0.823. The number of carboxylic acids is 1. The minimum Gasteiger partial charge on any atom is -1.00 e. The molecule has 0 aliphatic rings. The van der Waals surface area contributed by atoms with Gasteiger partial charge in [-0.1, -0.05) is 11.6 Å². The molecule has 0 spiro atoms. The first-order valence-corrected chi connectivity index (χ1v) is 4.58. The second kappa shape index (κ2) is 6.93. The molecular formula is C10H13ClMgO3. The Hall–Kier alpha value is -0.454. The van der Waals surface area contributed by atoms with Gasteiger partial charge in [-0.25, -0.2) is 0 Å². The molecule has 0 heterocycles. The number of hydrogen-bond donors (Lipinski definition) is 1. The first kappa shape index (κ1) is 14.5. The molecule has 1 aromatic carbocycles. The van der Waals surface area contributed by atoms with Crippen molar-refractivity contribution in [2.75, 3.05) is 6.61 Å². The number of aliphatic carboxylic acids is 1. The Labute approximate surface area is 113 Å². The van der Waals surface area contributed by atoms with Crippen LogP contribution in [0.2, 0.25) is 5.02 Å². The Bertz CT molecular complexity index is 350. The van der Waals surface area contributed by atoms with E-state index in [4.69, 9.17) is 21.4 Å². The van der Waals surface area contributed by atoms with E-state index in [1.54, 1.807) is 18.2 Å². The summed E-state index contributed by atoms with van der Waals surface area (Å²) in [4.78, 5) is 10.2. The molecule has 0 aromatic heterocycles. The zero-order valence-corrected chi connectivity index (χ0v) is 10.7. The SMILES string of the molecule is Cc1cc(Cl)ccc1OCCC(=O)O.[H-].[H-].[Mg+2]. The number of hydrogen-bond acceptors (Lipinski definition) is 2. The molecule has 1 rings (SSSR count). The summed E-state index contributed by atoms with van der Waals surface area (Å²) in [5.74, 6) is -0.188. The normalized spacial score (nSPS) is 9.20. The summed E-state index contributed by atoms with van der Waals surface area (Å²) < 4.78 is 5.26. The summed E-state index contributed by atoms with van der Waals surface area (Å²) in [6.07, 6.45) is 0.00205. The van der Waals surface area contributed by atoms with E-state index in [9.17, 15) is 4.79 Å². The molecule has 80 valence electrons. The summed E-state index contributed by atoms with van der Waals surface area (Å²) in [7, 11) is 0. The molecule has 0 fully saturated rings. The van der Waals surface area contributed by atoms with Gasteiger partial charge in [0.15, 0.2) is 0 Å². The molecule has 0 atom stereocenters. The molecule has 0 bridgehead atoms. The Morgan fingerprint density at radius 1 is 1.60 bits per heavy atom. The fourth-order valence-electron chi connectivity index (χ4n) is 1.02. The van der Waals surface area contributed by atoms with Gasteiger partial charge in [0.1, 0.15) is 5.75 Å². The van der Waals surface area contributed by atoms with Gasteiger partial charge in [0.05, 0.1) is 13.0 Å². The topological polar surface area (TPSA) is 46.5 Å². The molecule has 3 nitrogen and oxygen atoms in total. The smallest absolute Gasteiger partial charge is 1.00 e. The molecular weight excluding hydrogens is 228 g/mol. The summed E-state index contributed by atoms with van der Waals surface area (Å²) in [5.41, 5.74) is 0.905. The average Bonchev–Trinajstić information content (AvgIpc) is 2.08. The molecule has 1 N–H and O–H groups in total. The molecule has 15 heavy (non-hydrogen) atoms. The fourth-order valence-corrected chi connectivity index (χ4v) is 1.25. The molecule has 5 heteroatoms. The molecule has 0 saturated carbocycles. The maximum Gasteiger partial charge on any atom is 2.00 e. The summed E-state index contributed by atoms with van der Waals surface area (Å²) in [6, 6.07) is 5.22. The van der Waals surface area contributed by atoms with Crippen LogP contribution in [0.3, 0.4) is 0 Å². The average molecular weight is 241 g/mol. The molecule has 0 aliphatic heterocycles. The predicted molar refractivity (Wildman–Crippen MR) is 61.9 cm³/mol. The van der Waals surface area contributed by atoms with Gasteiger partial charge in [-0.05, 0) is 30.7 Å². The second-order valence-electron chi connectivity index (χ2n) is 2.90. The minimum atomic E-state index is -0.864. The third kappa shape index (κ3) is 5.25. The van der Waals surface area contributed by atoms with E-state index in [0.717, 1.165) is 5.56 Å². The zero-order valence-electron chi connectivity index (χ0n) is 10.5. The van der Waals surface area contributed by atoms with Crippen LogP contribution in [0.1, 0.15) is 14.8 Å². The fraction of sp³-hybridized carbons (Fsp3) is 0.300. The predicted octanol–water partition coefficient (Wildman–Crippen LogP) is 2.35. The van der Waals surface area contributed by atoms with Crippen LogP contribution >= 0.6 is 11.6 Å². The van der Waals surface area contributed by atoms with Crippen LogP contribution in [0.15, 0.2) is 18.2 Å². The van der Waals surface area contributed by atoms with E-state index in [1.165, 1.54) is 0 Å². The number of benzene rings is 1. The van der Waals surface area contributed by atoms with Crippen molar-refractivity contribution in [3.8, 4) is 5.75 Å². The molecule has 0 saturated heterocycles. The van der Waals surface area contributed by atoms with Crippen LogP contribution in [-0.2, 0) is 4.79 Å². The maximum atomic E-state index is 10.2. The van der Waals surface area contributed by atoms with Gasteiger partial charge in [0.25, 0.3) is 0 Å². The van der Waals surface area contributed by atoms with Crippen molar-refractivity contribution in [1.29, 1.82) is 0 Å². The minimum absolute atomic E-state index is 0. The second-order valence-corrected chi connectivity index (χ2v) is 3.34. The third-order valence-electron chi connectivity index (χ3n) is 1.71. The largest absolute Gasteiger partial charge is 2.00 e. The molecule has 0 aliphatic carbocycles. The van der Waals surface area contributed by atoms with Crippen molar-refractivity contribution in [1.82, 2.24) is 0 Å². The number of ether oxygens (including phenoxy) is 1.